The Hall–Kier alpha value is -2.77. The number of nitrogens with one attached hydrogen (secondary N) is 1. The first kappa shape index (κ1) is 17.1. The van der Waals surface area contributed by atoms with Gasteiger partial charge in [0.05, 0.1) is 12.5 Å². The molecule has 1 aliphatic rings. The Bertz CT molecular complexity index is 772. The largest absolute Gasteiger partial charge is 0.472 e. The second kappa shape index (κ2) is 6.62. The van der Waals surface area contributed by atoms with E-state index >= 15 is 0 Å². The molecule has 3 rings (SSSR count). The Balaban J connectivity index is 1.67. The molecule has 1 aliphatic heterocycles. The predicted octanol–water partition coefficient (Wildman–Crippen LogP) is 2.84. The first-order valence-corrected chi connectivity index (χ1v) is 7.62. The Kier molecular flexibility index (Phi) is 4.52. The molecule has 1 saturated heterocycles. The van der Waals surface area contributed by atoms with E-state index in [1.807, 2.05) is 0 Å². The molecule has 5 nitrogen and oxygen atoms in total. The zero-order valence-electron chi connectivity index (χ0n) is 13.0. The normalized spacial score (nSPS) is 17.8. The number of rotatable bonds is 4. The van der Waals surface area contributed by atoms with Crippen molar-refractivity contribution in [2.24, 2.45) is 0 Å². The third-order valence-electron chi connectivity index (χ3n) is 3.95. The van der Waals surface area contributed by atoms with E-state index in [2.05, 4.69) is 5.32 Å². The summed E-state index contributed by atoms with van der Waals surface area (Å²) in [6, 6.07) is 7.50. The zero-order valence-corrected chi connectivity index (χ0v) is 13.0. The van der Waals surface area contributed by atoms with Gasteiger partial charge in [-0.05, 0) is 30.2 Å². The summed E-state index contributed by atoms with van der Waals surface area (Å²) in [4.78, 5) is 25.1. The van der Waals surface area contributed by atoms with Crippen LogP contribution in [0.2, 0.25) is 0 Å². The maximum atomic E-state index is 12.4. The summed E-state index contributed by atoms with van der Waals surface area (Å²) in [6.07, 6.45) is -1.25. The van der Waals surface area contributed by atoms with Gasteiger partial charge in [-0.2, -0.15) is 13.2 Å². The molecule has 8 heteroatoms. The Morgan fingerprint density at radius 3 is 2.76 bits per heavy atom. The number of hydrogen-bond donors (Lipinski definition) is 1. The summed E-state index contributed by atoms with van der Waals surface area (Å²) >= 11 is 0. The molecule has 1 aromatic heterocycles. The molecule has 2 heterocycles. The number of carbonyl (C=O) groups excluding carboxylic acids is 2. The lowest BCUT2D eigenvalue weighted by molar-refractivity contribution is -0.157. The van der Waals surface area contributed by atoms with Crippen LogP contribution < -0.4 is 5.32 Å². The van der Waals surface area contributed by atoms with E-state index in [1.165, 1.54) is 12.5 Å². The maximum Gasteiger partial charge on any atom is 0.406 e. The van der Waals surface area contributed by atoms with Crippen molar-refractivity contribution in [1.82, 2.24) is 10.2 Å². The van der Waals surface area contributed by atoms with Crippen LogP contribution in [0.4, 0.5) is 13.2 Å². The quantitative estimate of drug-likeness (QED) is 0.920. The van der Waals surface area contributed by atoms with Crippen molar-refractivity contribution in [3.8, 4) is 11.1 Å². The van der Waals surface area contributed by atoms with E-state index < -0.39 is 30.6 Å². The highest BCUT2D eigenvalue weighted by atomic mass is 19.4. The molecule has 0 spiro atoms. The Morgan fingerprint density at radius 2 is 2.08 bits per heavy atom. The number of likely N-dealkylation sites (tertiary alicyclic amines) is 1. The van der Waals surface area contributed by atoms with Crippen LogP contribution in [-0.4, -0.2) is 42.0 Å². The van der Waals surface area contributed by atoms with Gasteiger partial charge in [0.1, 0.15) is 12.6 Å². The van der Waals surface area contributed by atoms with Crippen molar-refractivity contribution < 1.29 is 27.2 Å². The first-order valence-electron chi connectivity index (χ1n) is 7.62. The van der Waals surface area contributed by atoms with Gasteiger partial charge in [-0.15, -0.1) is 0 Å². The number of furan rings is 1. The van der Waals surface area contributed by atoms with Crippen LogP contribution in [0, 0.1) is 0 Å². The lowest BCUT2D eigenvalue weighted by Crippen LogP contribution is -2.43. The SMILES string of the molecule is O=C(NC1CCN(CC(F)(F)F)C1=O)c1cccc(-c2ccoc2)c1. The fourth-order valence-corrected chi connectivity index (χ4v) is 2.76. The van der Waals surface area contributed by atoms with Gasteiger partial charge in [-0.1, -0.05) is 12.1 Å². The molecule has 1 unspecified atom stereocenters. The molecule has 1 fully saturated rings. The van der Waals surface area contributed by atoms with Crippen LogP contribution in [-0.2, 0) is 4.79 Å². The lowest BCUT2D eigenvalue weighted by Gasteiger charge is -2.18. The standard InChI is InChI=1S/C17H15F3N2O3/c18-17(19,20)10-22-6-4-14(16(22)24)21-15(23)12-3-1-2-11(8-12)13-5-7-25-9-13/h1-3,5,7-9,14H,4,6,10H2,(H,21,23). The molecule has 1 N–H and O–H groups in total. The molecule has 0 aliphatic carbocycles. The molecule has 2 aromatic rings. The van der Waals surface area contributed by atoms with Gasteiger partial charge in [0.15, 0.2) is 0 Å². The summed E-state index contributed by atoms with van der Waals surface area (Å²) in [7, 11) is 0. The molecule has 0 radical (unpaired) electrons. The predicted molar refractivity (Wildman–Crippen MR) is 82.7 cm³/mol. The summed E-state index contributed by atoms with van der Waals surface area (Å²) in [5, 5.41) is 2.51. The van der Waals surface area contributed by atoms with Crippen molar-refractivity contribution in [2.45, 2.75) is 18.6 Å². The zero-order chi connectivity index (χ0) is 18.0. The molecular formula is C17H15F3N2O3. The van der Waals surface area contributed by atoms with Crippen LogP contribution in [0.3, 0.4) is 0 Å². The summed E-state index contributed by atoms with van der Waals surface area (Å²) in [5.74, 6) is -1.21. The lowest BCUT2D eigenvalue weighted by atomic mass is 10.1. The van der Waals surface area contributed by atoms with Crippen molar-refractivity contribution >= 4 is 11.8 Å². The smallest absolute Gasteiger partial charge is 0.406 e. The molecule has 1 aromatic carbocycles. The Labute approximate surface area is 141 Å². The molecule has 2 amide bonds. The minimum atomic E-state index is -4.45. The van der Waals surface area contributed by atoms with Crippen molar-refractivity contribution in [3.05, 3.63) is 48.4 Å². The van der Waals surface area contributed by atoms with E-state index in [0.29, 0.717) is 10.5 Å². The monoisotopic (exact) mass is 352 g/mol. The van der Waals surface area contributed by atoms with Gasteiger partial charge in [-0.3, -0.25) is 9.59 Å². The molecular weight excluding hydrogens is 337 g/mol. The summed E-state index contributed by atoms with van der Waals surface area (Å²) < 4.78 is 42.3. The number of nitrogens with zero attached hydrogens (tertiary/aromatic N) is 1. The highest BCUT2D eigenvalue weighted by Crippen LogP contribution is 2.22. The van der Waals surface area contributed by atoms with Crippen LogP contribution in [0.15, 0.2) is 47.3 Å². The minimum Gasteiger partial charge on any atom is -0.472 e. The van der Waals surface area contributed by atoms with E-state index in [-0.39, 0.29) is 13.0 Å². The van der Waals surface area contributed by atoms with Gasteiger partial charge in [0, 0.05) is 17.7 Å². The van der Waals surface area contributed by atoms with Crippen molar-refractivity contribution in [3.63, 3.8) is 0 Å². The number of alkyl halides is 3. The van der Waals surface area contributed by atoms with Crippen LogP contribution in [0.1, 0.15) is 16.8 Å². The van der Waals surface area contributed by atoms with Gasteiger partial charge in [0.25, 0.3) is 5.91 Å². The fraction of sp³-hybridized carbons (Fsp3) is 0.294. The van der Waals surface area contributed by atoms with Gasteiger partial charge in [-0.25, -0.2) is 0 Å². The van der Waals surface area contributed by atoms with Gasteiger partial charge >= 0.3 is 6.18 Å². The molecule has 132 valence electrons. The van der Waals surface area contributed by atoms with Gasteiger partial charge < -0.3 is 14.6 Å². The second-order valence-corrected chi connectivity index (χ2v) is 5.78. The third-order valence-corrected chi connectivity index (χ3v) is 3.95. The van der Waals surface area contributed by atoms with E-state index in [4.69, 9.17) is 4.42 Å². The van der Waals surface area contributed by atoms with Crippen LogP contribution >= 0.6 is 0 Å². The van der Waals surface area contributed by atoms with E-state index in [9.17, 15) is 22.8 Å². The molecule has 25 heavy (non-hydrogen) atoms. The topological polar surface area (TPSA) is 62.6 Å². The van der Waals surface area contributed by atoms with Crippen molar-refractivity contribution in [2.75, 3.05) is 13.1 Å². The summed E-state index contributed by atoms with van der Waals surface area (Å²) in [6.45, 7) is -1.33. The maximum absolute atomic E-state index is 12.4. The number of halogens is 3. The van der Waals surface area contributed by atoms with Crippen LogP contribution in [0.25, 0.3) is 11.1 Å². The first-order chi connectivity index (χ1) is 11.8. The van der Waals surface area contributed by atoms with Crippen LogP contribution in [0.5, 0.6) is 0 Å². The average Bonchev–Trinajstić information content (AvgIpc) is 3.19. The van der Waals surface area contributed by atoms with Gasteiger partial charge in [0.2, 0.25) is 5.91 Å². The number of carbonyl (C=O) groups is 2. The number of hydrogen-bond acceptors (Lipinski definition) is 3. The average molecular weight is 352 g/mol. The van der Waals surface area contributed by atoms with E-state index in [1.54, 1.807) is 30.3 Å². The second-order valence-electron chi connectivity index (χ2n) is 5.78. The third kappa shape index (κ3) is 4.01. The number of amides is 2. The molecule has 0 saturated carbocycles. The summed E-state index contributed by atoms with van der Waals surface area (Å²) in [5.41, 5.74) is 1.88. The minimum absolute atomic E-state index is 0.0294. The molecule has 0 bridgehead atoms. The highest BCUT2D eigenvalue weighted by molar-refractivity contribution is 5.98. The van der Waals surface area contributed by atoms with Crippen molar-refractivity contribution in [1.29, 1.82) is 0 Å². The highest BCUT2D eigenvalue weighted by Gasteiger charge is 2.39. The molecule has 1 atom stereocenters. The van der Waals surface area contributed by atoms with E-state index in [0.717, 1.165) is 11.1 Å². The number of benzene rings is 1. The Morgan fingerprint density at radius 1 is 1.28 bits per heavy atom. The fourth-order valence-electron chi connectivity index (χ4n) is 2.76.